The van der Waals surface area contributed by atoms with E-state index in [1.54, 1.807) is 6.07 Å². The van der Waals surface area contributed by atoms with Crippen LogP contribution >= 0.6 is 0 Å². The second-order valence-electron chi connectivity index (χ2n) is 5.46. The fourth-order valence-electron chi connectivity index (χ4n) is 2.85. The Hall–Kier alpha value is -1.87. The van der Waals surface area contributed by atoms with E-state index >= 15 is 0 Å². The maximum atomic E-state index is 12.4. The lowest BCUT2D eigenvalue weighted by molar-refractivity contribution is -0.132. The minimum absolute atomic E-state index is 0.189. The third-order valence-corrected chi connectivity index (χ3v) is 3.97. The van der Waals surface area contributed by atoms with Gasteiger partial charge in [-0.2, -0.15) is 10.4 Å². The average molecular weight is 274 g/mol. The normalized spacial score (nSPS) is 22.1. The third-order valence-electron chi connectivity index (χ3n) is 3.97. The van der Waals surface area contributed by atoms with Gasteiger partial charge in [0.15, 0.2) is 5.69 Å². The van der Waals surface area contributed by atoms with Gasteiger partial charge < -0.3 is 9.64 Å². The Morgan fingerprint density at radius 1 is 1.55 bits per heavy atom. The molecular formula is C14H18N4O2. The highest BCUT2D eigenvalue weighted by Crippen LogP contribution is 2.20. The van der Waals surface area contributed by atoms with Gasteiger partial charge in [0.25, 0.3) is 0 Å². The van der Waals surface area contributed by atoms with Crippen LogP contribution in [0.3, 0.4) is 0 Å². The molecule has 0 aliphatic carbocycles. The van der Waals surface area contributed by atoms with E-state index in [0.717, 1.165) is 38.2 Å². The maximum Gasteiger partial charge on any atom is 0.223 e. The van der Waals surface area contributed by atoms with Gasteiger partial charge in [-0.05, 0) is 24.8 Å². The number of nitrogens with zero attached hydrogens (tertiary/aromatic N) is 4. The molecular weight excluding hydrogens is 256 g/mol. The lowest BCUT2D eigenvalue weighted by Gasteiger charge is -2.21. The highest BCUT2D eigenvalue weighted by molar-refractivity contribution is 5.76. The summed E-state index contributed by atoms with van der Waals surface area (Å²) in [6, 6.07) is 3.84. The molecule has 1 saturated heterocycles. The molecule has 2 aliphatic heterocycles. The summed E-state index contributed by atoms with van der Waals surface area (Å²) in [5.41, 5.74) is 1.38. The number of nitriles is 1. The van der Waals surface area contributed by atoms with Gasteiger partial charge in [0, 0.05) is 32.7 Å². The van der Waals surface area contributed by atoms with Crippen molar-refractivity contribution >= 4 is 5.91 Å². The number of ether oxygens (including phenoxy) is 1. The van der Waals surface area contributed by atoms with E-state index in [1.807, 2.05) is 9.58 Å². The van der Waals surface area contributed by atoms with Gasteiger partial charge in [0.2, 0.25) is 5.91 Å². The second-order valence-corrected chi connectivity index (χ2v) is 5.46. The zero-order chi connectivity index (χ0) is 13.9. The first-order valence-corrected chi connectivity index (χ1v) is 7.08. The molecule has 0 bridgehead atoms. The number of carbonyl (C=O) groups excluding carboxylic acids is 1. The number of hydrogen-bond acceptors (Lipinski definition) is 4. The number of aromatic nitrogens is 2. The van der Waals surface area contributed by atoms with Crippen LogP contribution in [0.25, 0.3) is 0 Å². The Kier molecular flexibility index (Phi) is 3.70. The predicted molar refractivity (Wildman–Crippen MR) is 70.5 cm³/mol. The van der Waals surface area contributed by atoms with Gasteiger partial charge in [0.1, 0.15) is 6.07 Å². The van der Waals surface area contributed by atoms with Crippen molar-refractivity contribution in [3.8, 4) is 6.07 Å². The third kappa shape index (κ3) is 2.68. The summed E-state index contributed by atoms with van der Waals surface area (Å²) < 4.78 is 7.17. The van der Waals surface area contributed by atoms with Gasteiger partial charge in [-0.15, -0.1) is 0 Å². The first-order valence-electron chi connectivity index (χ1n) is 7.08. The predicted octanol–water partition coefficient (Wildman–Crippen LogP) is 0.914. The molecule has 106 valence electrons. The number of carbonyl (C=O) groups is 1. The summed E-state index contributed by atoms with van der Waals surface area (Å²) in [5, 5.41) is 13.1. The van der Waals surface area contributed by atoms with E-state index in [2.05, 4.69) is 11.2 Å². The standard InChI is InChI=1S/C14H18N4O2/c15-8-12-7-13-9-17(3-1-4-18(13)16-12)14(19)6-11-2-5-20-10-11/h7,11H,1-6,9-10H2/t11-/m1/s1. The summed E-state index contributed by atoms with van der Waals surface area (Å²) in [6.07, 6.45) is 2.43. The Morgan fingerprint density at radius 3 is 3.20 bits per heavy atom. The van der Waals surface area contributed by atoms with E-state index in [4.69, 9.17) is 10.00 Å². The largest absolute Gasteiger partial charge is 0.381 e. The molecule has 0 aromatic carbocycles. The quantitative estimate of drug-likeness (QED) is 0.803. The van der Waals surface area contributed by atoms with Crippen LogP contribution in [0.1, 0.15) is 30.7 Å². The Morgan fingerprint density at radius 2 is 2.45 bits per heavy atom. The Labute approximate surface area is 117 Å². The monoisotopic (exact) mass is 274 g/mol. The van der Waals surface area contributed by atoms with E-state index in [0.29, 0.717) is 31.2 Å². The Bertz CT molecular complexity index is 540. The van der Waals surface area contributed by atoms with Crippen molar-refractivity contribution in [2.45, 2.75) is 32.4 Å². The lowest BCUT2D eigenvalue weighted by Crippen LogP contribution is -2.32. The van der Waals surface area contributed by atoms with Gasteiger partial charge in [-0.3, -0.25) is 9.48 Å². The first-order chi connectivity index (χ1) is 9.76. The van der Waals surface area contributed by atoms with Crippen LogP contribution in [-0.2, 0) is 22.6 Å². The van der Waals surface area contributed by atoms with Crippen molar-refractivity contribution in [3.05, 3.63) is 17.5 Å². The van der Waals surface area contributed by atoms with Crippen LogP contribution < -0.4 is 0 Å². The topological polar surface area (TPSA) is 71.2 Å². The molecule has 1 amide bonds. The number of fused-ring (bicyclic) bond motifs is 1. The van der Waals surface area contributed by atoms with Crippen LogP contribution in [0.5, 0.6) is 0 Å². The molecule has 0 radical (unpaired) electrons. The van der Waals surface area contributed by atoms with Crippen LogP contribution in [0, 0.1) is 17.2 Å². The molecule has 1 fully saturated rings. The molecule has 3 rings (SSSR count). The zero-order valence-electron chi connectivity index (χ0n) is 11.4. The van der Waals surface area contributed by atoms with Gasteiger partial charge in [-0.25, -0.2) is 0 Å². The van der Waals surface area contributed by atoms with Gasteiger partial charge in [-0.1, -0.05) is 0 Å². The van der Waals surface area contributed by atoms with E-state index in [9.17, 15) is 4.79 Å². The molecule has 2 aliphatic rings. The molecule has 6 heteroatoms. The van der Waals surface area contributed by atoms with Crippen molar-refractivity contribution in [2.75, 3.05) is 19.8 Å². The van der Waals surface area contributed by atoms with Crippen LogP contribution in [0.15, 0.2) is 6.07 Å². The summed E-state index contributed by atoms with van der Waals surface area (Å²) in [6.45, 7) is 3.57. The molecule has 1 aromatic rings. The highest BCUT2D eigenvalue weighted by Gasteiger charge is 2.25. The molecule has 6 nitrogen and oxygen atoms in total. The number of hydrogen-bond donors (Lipinski definition) is 0. The molecule has 20 heavy (non-hydrogen) atoms. The lowest BCUT2D eigenvalue weighted by atomic mass is 10.0. The average Bonchev–Trinajstić information content (AvgIpc) is 3.04. The highest BCUT2D eigenvalue weighted by atomic mass is 16.5. The molecule has 0 spiro atoms. The second kappa shape index (κ2) is 5.63. The summed E-state index contributed by atoms with van der Waals surface area (Å²) >= 11 is 0. The first kappa shape index (κ1) is 13.1. The molecule has 0 N–H and O–H groups in total. The molecule has 3 heterocycles. The van der Waals surface area contributed by atoms with Crippen molar-refractivity contribution < 1.29 is 9.53 Å². The SMILES string of the molecule is N#Cc1cc2n(n1)CCCN(C(=O)C[C@H]1CCOC1)C2. The van der Waals surface area contributed by atoms with Crippen LogP contribution in [0.4, 0.5) is 0 Å². The van der Waals surface area contributed by atoms with Crippen molar-refractivity contribution in [1.82, 2.24) is 14.7 Å². The fraction of sp³-hybridized carbons (Fsp3) is 0.643. The number of amides is 1. The molecule has 0 saturated carbocycles. The zero-order valence-corrected chi connectivity index (χ0v) is 11.4. The molecule has 1 atom stereocenters. The number of aryl methyl sites for hydroxylation is 1. The summed E-state index contributed by atoms with van der Waals surface area (Å²) in [4.78, 5) is 14.3. The van der Waals surface area contributed by atoms with Crippen molar-refractivity contribution in [2.24, 2.45) is 5.92 Å². The van der Waals surface area contributed by atoms with E-state index in [1.165, 1.54) is 0 Å². The maximum absolute atomic E-state index is 12.4. The van der Waals surface area contributed by atoms with Crippen molar-refractivity contribution in [3.63, 3.8) is 0 Å². The van der Waals surface area contributed by atoms with E-state index in [-0.39, 0.29) is 5.91 Å². The summed E-state index contributed by atoms with van der Waals surface area (Å²) in [7, 11) is 0. The minimum atomic E-state index is 0.189. The fourth-order valence-corrected chi connectivity index (χ4v) is 2.85. The van der Waals surface area contributed by atoms with E-state index < -0.39 is 0 Å². The Balaban J connectivity index is 1.68. The van der Waals surface area contributed by atoms with Gasteiger partial charge >= 0.3 is 0 Å². The smallest absolute Gasteiger partial charge is 0.223 e. The minimum Gasteiger partial charge on any atom is -0.381 e. The van der Waals surface area contributed by atoms with Crippen molar-refractivity contribution in [1.29, 1.82) is 5.26 Å². The summed E-state index contributed by atoms with van der Waals surface area (Å²) in [5.74, 6) is 0.555. The van der Waals surface area contributed by atoms with Gasteiger partial charge in [0.05, 0.1) is 12.2 Å². The van der Waals surface area contributed by atoms with Crippen LogP contribution in [0.2, 0.25) is 0 Å². The molecule has 0 unspecified atom stereocenters. The molecule has 1 aromatic heterocycles. The number of rotatable bonds is 2. The van der Waals surface area contributed by atoms with Crippen LogP contribution in [-0.4, -0.2) is 40.3 Å².